The zero-order valence-electron chi connectivity index (χ0n) is 27.4. The molecule has 2 bridgehead atoms. The van der Waals surface area contributed by atoms with E-state index in [1.54, 1.807) is 7.11 Å². The number of methoxy groups -OCH3 is 1. The number of fused-ring (bicyclic) bond motifs is 3. The summed E-state index contributed by atoms with van der Waals surface area (Å²) in [6, 6.07) is 29.5. The predicted molar refractivity (Wildman–Crippen MR) is 181 cm³/mol. The maximum Gasteiger partial charge on any atom is 0.232 e. The first-order chi connectivity index (χ1) is 21.8. The highest BCUT2D eigenvalue weighted by Gasteiger charge is 2.45. The van der Waals surface area contributed by atoms with Crippen molar-refractivity contribution in [2.75, 3.05) is 26.7 Å². The molecule has 3 aliphatic heterocycles. The van der Waals surface area contributed by atoms with Crippen LogP contribution in [0.25, 0.3) is 11.0 Å². The fraction of sp³-hybridized carbons (Fsp3) is 0.487. The van der Waals surface area contributed by atoms with Crippen molar-refractivity contribution < 1.29 is 9.53 Å². The van der Waals surface area contributed by atoms with Crippen LogP contribution in [-0.4, -0.2) is 64.1 Å². The van der Waals surface area contributed by atoms with Crippen LogP contribution in [0, 0.1) is 6.92 Å². The Balaban J connectivity index is 1.06. The van der Waals surface area contributed by atoms with Crippen LogP contribution in [0.1, 0.15) is 81.8 Å². The predicted octanol–water partition coefficient (Wildman–Crippen LogP) is 7.45. The van der Waals surface area contributed by atoms with Gasteiger partial charge >= 0.3 is 0 Å². The molecule has 45 heavy (non-hydrogen) atoms. The molecule has 3 fully saturated rings. The fourth-order valence-electron chi connectivity index (χ4n) is 8.93. The third-order valence-electron chi connectivity index (χ3n) is 11.6. The lowest BCUT2D eigenvalue weighted by molar-refractivity contribution is -0.138. The summed E-state index contributed by atoms with van der Waals surface area (Å²) in [7, 11) is 1.68. The topological polar surface area (TPSA) is 50.6 Å². The van der Waals surface area contributed by atoms with E-state index in [0.29, 0.717) is 18.1 Å². The second-order valence-electron chi connectivity index (χ2n) is 14.3. The highest BCUT2D eigenvalue weighted by Crippen LogP contribution is 2.45. The van der Waals surface area contributed by atoms with Crippen molar-refractivity contribution in [3.05, 3.63) is 95.8 Å². The Hall–Kier alpha value is -3.64. The van der Waals surface area contributed by atoms with E-state index in [2.05, 4.69) is 89.7 Å². The minimum Gasteiger partial charge on any atom is -0.497 e. The van der Waals surface area contributed by atoms with E-state index in [9.17, 15) is 4.79 Å². The number of ether oxygens (including phenoxy) is 1. The molecule has 4 aromatic rings. The number of piperidine rings is 2. The summed E-state index contributed by atoms with van der Waals surface area (Å²) in [5.74, 6) is 2.15. The Kier molecular flexibility index (Phi) is 7.97. The number of imidazole rings is 1. The van der Waals surface area contributed by atoms with Crippen LogP contribution in [0.3, 0.4) is 0 Å². The average molecular weight is 605 g/mol. The van der Waals surface area contributed by atoms with E-state index in [4.69, 9.17) is 9.72 Å². The number of nitrogens with zero attached hydrogens (tertiary/aromatic N) is 4. The molecule has 1 amide bonds. The summed E-state index contributed by atoms with van der Waals surface area (Å²) < 4.78 is 7.99. The highest BCUT2D eigenvalue weighted by molar-refractivity contribution is 5.87. The maximum atomic E-state index is 14.0. The lowest BCUT2D eigenvalue weighted by atomic mass is 9.69. The van der Waals surface area contributed by atoms with Crippen LogP contribution in [-0.2, 0) is 15.6 Å². The van der Waals surface area contributed by atoms with E-state index in [1.165, 1.54) is 36.8 Å². The van der Waals surface area contributed by atoms with Crippen LogP contribution < -0.4 is 4.74 Å². The number of amides is 1. The third kappa shape index (κ3) is 5.45. The minimum absolute atomic E-state index is 0.0889. The van der Waals surface area contributed by atoms with Crippen LogP contribution >= 0.6 is 0 Å². The van der Waals surface area contributed by atoms with Crippen molar-refractivity contribution in [2.45, 2.75) is 94.7 Å². The number of likely N-dealkylation sites (tertiary alicyclic amines) is 1. The van der Waals surface area contributed by atoms with Crippen LogP contribution in [0.4, 0.5) is 0 Å². The third-order valence-corrected chi connectivity index (χ3v) is 11.6. The molecular weight excluding hydrogens is 556 g/mol. The second-order valence-corrected chi connectivity index (χ2v) is 14.3. The number of benzene rings is 3. The summed E-state index contributed by atoms with van der Waals surface area (Å²) in [5, 5.41) is 0. The number of aromatic nitrogens is 2. The molecular formula is C39H48N4O2. The van der Waals surface area contributed by atoms with Crippen molar-refractivity contribution in [3.8, 4) is 5.75 Å². The Bertz CT molecular complexity index is 1640. The normalized spacial score (nSPS) is 23.4. The van der Waals surface area contributed by atoms with Gasteiger partial charge in [-0.3, -0.25) is 9.69 Å². The molecule has 236 valence electrons. The fourth-order valence-corrected chi connectivity index (χ4v) is 8.93. The molecule has 0 aliphatic carbocycles. The summed E-state index contributed by atoms with van der Waals surface area (Å²) in [5.41, 5.74) is 4.32. The number of para-hydroxylation sites is 2. The van der Waals surface area contributed by atoms with Gasteiger partial charge < -0.3 is 14.2 Å². The molecule has 7 rings (SSSR count). The second kappa shape index (κ2) is 11.9. The van der Waals surface area contributed by atoms with Crippen molar-refractivity contribution in [1.82, 2.24) is 19.4 Å². The van der Waals surface area contributed by atoms with Crippen LogP contribution in [0.2, 0.25) is 0 Å². The van der Waals surface area contributed by atoms with Gasteiger partial charge in [-0.2, -0.15) is 0 Å². The average Bonchev–Trinajstić information content (AvgIpc) is 3.54. The Morgan fingerprint density at radius 2 is 1.60 bits per heavy atom. The maximum absolute atomic E-state index is 14.0. The molecule has 3 aliphatic rings. The Morgan fingerprint density at radius 1 is 0.911 bits per heavy atom. The summed E-state index contributed by atoms with van der Waals surface area (Å²) in [6.45, 7) is 9.00. The van der Waals surface area contributed by atoms with Gasteiger partial charge in [0.1, 0.15) is 11.6 Å². The highest BCUT2D eigenvalue weighted by atomic mass is 16.5. The molecule has 6 heteroatoms. The smallest absolute Gasteiger partial charge is 0.232 e. The van der Waals surface area contributed by atoms with E-state index in [0.717, 1.165) is 61.6 Å². The summed E-state index contributed by atoms with van der Waals surface area (Å²) >= 11 is 0. The molecule has 0 N–H and O–H groups in total. The zero-order chi connectivity index (χ0) is 31.2. The van der Waals surface area contributed by atoms with E-state index >= 15 is 0 Å². The summed E-state index contributed by atoms with van der Waals surface area (Å²) in [4.78, 5) is 23.8. The number of carbonyl (C=O) groups excluding carboxylic acids is 1. The number of rotatable bonds is 8. The van der Waals surface area contributed by atoms with Crippen molar-refractivity contribution in [2.24, 2.45) is 0 Å². The van der Waals surface area contributed by atoms with Gasteiger partial charge in [-0.15, -0.1) is 0 Å². The molecule has 0 spiro atoms. The largest absolute Gasteiger partial charge is 0.497 e. The standard InChI is InChI=1S/C39H48N4O2/c1-28-40-35-15-8-9-16-36(35)43(28)33-26-31-17-18-32(27-33)42(31)24-21-39(29-11-6-5-7-12-29)19-22-41(23-20-39)37(44)38(2,3)30-13-10-14-34(25-30)45-4/h5-16,25,31-33H,17-24,26-27H2,1-4H3/t31-,32+,33?. The number of hydrogen-bond donors (Lipinski definition) is 0. The number of carbonyl (C=O) groups is 1. The monoisotopic (exact) mass is 604 g/mol. The molecule has 3 aromatic carbocycles. The molecule has 4 heterocycles. The van der Waals surface area contributed by atoms with Gasteiger partial charge in [-0.05, 0) is 113 Å². The minimum atomic E-state index is -0.607. The van der Waals surface area contributed by atoms with E-state index in [-0.39, 0.29) is 11.3 Å². The molecule has 1 unspecified atom stereocenters. The van der Waals surface area contributed by atoms with Gasteiger partial charge in [0, 0.05) is 31.2 Å². The molecule has 1 aromatic heterocycles. The van der Waals surface area contributed by atoms with Crippen molar-refractivity contribution in [1.29, 1.82) is 0 Å². The van der Waals surface area contributed by atoms with Gasteiger partial charge in [-0.1, -0.05) is 54.6 Å². The number of hydrogen-bond acceptors (Lipinski definition) is 4. The van der Waals surface area contributed by atoms with Gasteiger partial charge in [0.2, 0.25) is 5.91 Å². The van der Waals surface area contributed by atoms with Crippen LogP contribution in [0.5, 0.6) is 5.75 Å². The van der Waals surface area contributed by atoms with Gasteiger partial charge in [0.15, 0.2) is 0 Å². The first kappa shape index (κ1) is 30.0. The van der Waals surface area contributed by atoms with E-state index in [1.807, 2.05) is 24.3 Å². The Morgan fingerprint density at radius 3 is 2.31 bits per heavy atom. The summed E-state index contributed by atoms with van der Waals surface area (Å²) in [6.07, 6.45) is 8.16. The zero-order valence-corrected chi connectivity index (χ0v) is 27.4. The molecule has 3 saturated heterocycles. The molecule has 0 radical (unpaired) electrons. The Labute approximate surface area is 268 Å². The SMILES string of the molecule is COc1cccc(C(C)(C)C(=O)N2CCC(CCN3[C@@H]4CC[C@H]3CC(n3c(C)nc5ccccc53)C4)(c3ccccc3)CC2)c1. The van der Waals surface area contributed by atoms with Gasteiger partial charge in [0.05, 0.1) is 23.6 Å². The van der Waals surface area contributed by atoms with Crippen LogP contribution in [0.15, 0.2) is 78.9 Å². The van der Waals surface area contributed by atoms with E-state index < -0.39 is 5.41 Å². The lowest BCUT2D eigenvalue weighted by Crippen LogP contribution is -2.52. The quantitative estimate of drug-likeness (QED) is 0.210. The first-order valence-corrected chi connectivity index (χ1v) is 17.0. The first-order valence-electron chi connectivity index (χ1n) is 17.0. The van der Waals surface area contributed by atoms with Crippen molar-refractivity contribution in [3.63, 3.8) is 0 Å². The van der Waals surface area contributed by atoms with Crippen molar-refractivity contribution >= 4 is 16.9 Å². The number of aryl methyl sites for hydroxylation is 1. The van der Waals surface area contributed by atoms with Gasteiger partial charge in [-0.25, -0.2) is 4.98 Å². The molecule has 3 atom stereocenters. The molecule has 6 nitrogen and oxygen atoms in total. The van der Waals surface area contributed by atoms with Gasteiger partial charge in [0.25, 0.3) is 0 Å². The molecule has 0 saturated carbocycles. The lowest BCUT2D eigenvalue weighted by Gasteiger charge is -2.46.